The van der Waals surface area contributed by atoms with Crippen LogP contribution in [0.5, 0.6) is 0 Å². The summed E-state index contributed by atoms with van der Waals surface area (Å²) in [5.41, 5.74) is -4.31. The Bertz CT molecular complexity index is 3060. The van der Waals surface area contributed by atoms with Crippen LogP contribution in [0, 0.1) is 0 Å². The first-order valence-corrected chi connectivity index (χ1v) is 26.9. The molecule has 4 aliphatic rings. The third kappa shape index (κ3) is 8.87. The second-order valence-corrected chi connectivity index (χ2v) is 21.7. The van der Waals surface area contributed by atoms with E-state index in [9.17, 15) is 9.59 Å². The molecule has 0 bridgehead atoms. The van der Waals surface area contributed by atoms with Crippen LogP contribution in [-0.4, -0.2) is 87.3 Å². The molecule has 4 heterocycles. The lowest BCUT2D eigenvalue weighted by molar-refractivity contribution is -0.165. The maximum absolute atomic E-state index is 15.8. The molecule has 74 heavy (non-hydrogen) atoms. The summed E-state index contributed by atoms with van der Waals surface area (Å²) in [6.07, 6.45) is 0. The molecule has 16 nitrogen and oxygen atoms in total. The summed E-state index contributed by atoms with van der Waals surface area (Å²) in [7, 11) is 0. The maximum atomic E-state index is 15.8. The Morgan fingerprint density at radius 1 is 0.500 bits per heavy atom. The fourth-order valence-electron chi connectivity index (χ4n) is 8.65. The molecule has 10 rings (SSSR count). The number of thiazole rings is 2. The number of aliphatic imine (C=N–C) groups is 2. The van der Waals surface area contributed by atoms with E-state index in [0.717, 1.165) is 46.2 Å². The Kier molecular flexibility index (Phi) is 14.3. The molecule has 0 radical (unpaired) electrons. The number of esters is 4. The Labute approximate surface area is 449 Å². The normalized spacial score (nSPS) is 17.2. The average Bonchev–Trinajstić information content (AvgIpc) is 4.33. The fourth-order valence-corrected chi connectivity index (χ4v) is 13.5. The third-order valence-corrected chi connectivity index (χ3v) is 16.7. The van der Waals surface area contributed by atoms with Gasteiger partial charge in [-0.05, 0) is 59.6 Å². The minimum atomic E-state index is -2.74. The third-order valence-electron chi connectivity index (χ3n) is 12.2. The van der Waals surface area contributed by atoms with Gasteiger partial charge in [0.25, 0.3) is 11.8 Å². The zero-order valence-corrected chi connectivity index (χ0v) is 43.9. The molecule has 372 valence electrons. The molecule has 2 aliphatic carbocycles. The Morgan fingerprint density at radius 2 is 0.784 bits per heavy atom. The number of carbonyl (C=O) groups is 6. The molecular weight excluding hydrogens is 1060 g/mol. The topological polar surface area (TPSA) is 196 Å². The Balaban J connectivity index is 1.26. The van der Waals surface area contributed by atoms with Gasteiger partial charge < -0.3 is 18.9 Å². The van der Waals surface area contributed by atoms with Crippen molar-refractivity contribution in [2.45, 2.75) is 51.1 Å². The summed E-state index contributed by atoms with van der Waals surface area (Å²) in [5.74, 6) is -5.76. The van der Waals surface area contributed by atoms with E-state index in [1.54, 1.807) is 135 Å². The number of rotatable bonds is 16. The van der Waals surface area contributed by atoms with E-state index < -0.39 is 46.5 Å². The predicted octanol–water partition coefficient (Wildman–Crippen LogP) is 8.81. The van der Waals surface area contributed by atoms with Gasteiger partial charge in [0.1, 0.15) is 35.1 Å². The molecule has 0 N–H and O–H groups in total. The van der Waals surface area contributed by atoms with Crippen molar-refractivity contribution in [2.75, 3.05) is 13.1 Å². The van der Waals surface area contributed by atoms with Crippen LogP contribution < -0.4 is 0 Å². The lowest BCUT2D eigenvalue weighted by atomic mass is 9.79. The van der Waals surface area contributed by atoms with Crippen molar-refractivity contribution >= 4 is 146 Å². The molecule has 2 fully saturated rings. The van der Waals surface area contributed by atoms with Gasteiger partial charge in [-0.3, -0.25) is 38.6 Å². The van der Waals surface area contributed by atoms with Gasteiger partial charge in [-0.1, -0.05) is 168 Å². The number of nitrogens with zero attached hydrogens (tertiary/aromatic N) is 6. The highest BCUT2D eigenvalue weighted by Gasteiger charge is 2.73. The van der Waals surface area contributed by atoms with Gasteiger partial charge >= 0.3 is 23.9 Å². The molecule has 0 atom stereocenters. The molecule has 4 aromatic carbocycles. The van der Waals surface area contributed by atoms with E-state index in [1.807, 2.05) is 0 Å². The van der Waals surface area contributed by atoms with Gasteiger partial charge in [-0.25, -0.2) is 20.0 Å². The summed E-state index contributed by atoms with van der Waals surface area (Å²) in [4.78, 5) is 112. The van der Waals surface area contributed by atoms with Gasteiger partial charge in [0.05, 0.1) is 21.1 Å². The number of aromatic nitrogens is 2. The molecule has 0 saturated carbocycles. The molecule has 2 saturated heterocycles. The van der Waals surface area contributed by atoms with Crippen molar-refractivity contribution in [3.63, 3.8) is 0 Å². The highest BCUT2D eigenvalue weighted by molar-refractivity contribution is 8.35. The molecular formula is C52H38N6O10S6. The fraction of sp³-hybridized carbons (Fsp3) is 0.192. The summed E-state index contributed by atoms with van der Waals surface area (Å²) in [6, 6.07) is 35.0. The largest absolute Gasteiger partial charge is 0.459 e. The van der Waals surface area contributed by atoms with Gasteiger partial charge in [-0.2, -0.15) is 0 Å². The average molecular weight is 1100 g/mol. The zero-order chi connectivity index (χ0) is 51.7. The molecule has 0 unspecified atom stereocenters. The molecule has 2 aliphatic heterocycles. The number of amides is 2. The lowest BCUT2D eigenvalue weighted by Crippen LogP contribution is -2.46. The Morgan fingerprint density at radius 3 is 1.04 bits per heavy atom. The number of hydrogen-bond donors (Lipinski definition) is 0. The van der Waals surface area contributed by atoms with Crippen LogP contribution in [0.25, 0.3) is 11.1 Å². The van der Waals surface area contributed by atoms with Gasteiger partial charge in [0.15, 0.2) is 10.1 Å². The number of thioether (sulfide) groups is 2. The minimum Gasteiger partial charge on any atom is -0.459 e. The van der Waals surface area contributed by atoms with Crippen molar-refractivity contribution in [3.05, 3.63) is 165 Å². The predicted molar refractivity (Wildman–Crippen MR) is 289 cm³/mol. The van der Waals surface area contributed by atoms with Crippen molar-refractivity contribution in [1.29, 1.82) is 0 Å². The number of ether oxygens (including phenoxy) is 4. The lowest BCUT2D eigenvalue weighted by Gasteiger charge is -2.27. The number of thiocarbonyl (C=S) groups is 2. The summed E-state index contributed by atoms with van der Waals surface area (Å²) in [6.45, 7) is 2.66. The minimum absolute atomic E-state index is 0.0464. The van der Waals surface area contributed by atoms with Crippen molar-refractivity contribution in [2.24, 2.45) is 9.98 Å². The van der Waals surface area contributed by atoms with Crippen LogP contribution in [0.15, 0.2) is 131 Å². The number of carbonyl (C=O) groups excluding carboxylic acids is 6. The first kappa shape index (κ1) is 50.5. The van der Waals surface area contributed by atoms with E-state index >= 15 is 19.2 Å². The maximum Gasteiger partial charge on any atom is 0.334 e. The summed E-state index contributed by atoms with van der Waals surface area (Å²) >= 11 is 14.5. The number of fused-ring (bicyclic) bond motifs is 4. The molecule has 2 amide bonds. The number of benzene rings is 4. The van der Waals surface area contributed by atoms with Crippen molar-refractivity contribution in [1.82, 2.24) is 19.8 Å². The SMILES string of the molecule is CCN1C(=O)/C(=N\c2nc3c(s2)C2=C(c4sc(/N=C5/SC(=S)N(CC)C5=O)nc4C2(C(=O)OCc2ccccc2)C(=O)OCc2ccccc2)C3(C(=O)OCc2ccccc2)C(=O)OCc2ccccc2)SC1=S. The second-order valence-electron chi connectivity index (χ2n) is 16.5. The highest BCUT2D eigenvalue weighted by atomic mass is 32.2. The van der Waals surface area contributed by atoms with E-state index in [4.69, 9.17) is 53.4 Å². The monoisotopic (exact) mass is 1100 g/mol. The zero-order valence-electron chi connectivity index (χ0n) is 39.0. The molecule has 22 heteroatoms. The summed E-state index contributed by atoms with van der Waals surface area (Å²) < 4.78 is 25.2. The van der Waals surface area contributed by atoms with Crippen molar-refractivity contribution in [3.8, 4) is 0 Å². The second kappa shape index (κ2) is 21.0. The van der Waals surface area contributed by atoms with Gasteiger partial charge in [-0.15, -0.1) is 0 Å². The van der Waals surface area contributed by atoms with E-state index in [-0.39, 0.29) is 101 Å². The number of hydrogen-bond acceptors (Lipinski definition) is 20. The van der Waals surface area contributed by atoms with E-state index in [2.05, 4.69) is 9.98 Å². The van der Waals surface area contributed by atoms with E-state index in [1.165, 1.54) is 9.80 Å². The van der Waals surface area contributed by atoms with Gasteiger partial charge in [0, 0.05) is 24.2 Å². The van der Waals surface area contributed by atoms with Crippen LogP contribution in [-0.2, 0) is 85.0 Å². The van der Waals surface area contributed by atoms with Crippen LogP contribution >= 0.6 is 70.6 Å². The van der Waals surface area contributed by atoms with Crippen molar-refractivity contribution < 1.29 is 47.7 Å². The van der Waals surface area contributed by atoms with Gasteiger partial charge in [0.2, 0.25) is 21.1 Å². The standard InChI is InChI=1S/C52H38N6O10S6/c1-3-57-41(59)39(73-49(57)69)55-47-53-37-35(71-47)33-34(51(37,43(61)65-25-29-17-9-5-10-18-29)44(62)66-26-30-19-11-6-12-20-30)36-38(54-48(72-36)56-40-42(60)58(4-2)50(70)74-40)52(33,45(63)67-27-31-21-13-7-14-22-31)46(64)68-28-32-23-15-8-16-24-32/h5-24H,3-4,25-28H2,1-2H3/b55-39+,56-40+. The van der Waals surface area contributed by atoms with Crippen LogP contribution in [0.1, 0.15) is 57.2 Å². The highest BCUT2D eigenvalue weighted by Crippen LogP contribution is 2.67. The van der Waals surface area contributed by atoms with E-state index in [0.29, 0.717) is 22.3 Å². The first-order valence-electron chi connectivity index (χ1n) is 22.8. The smallest absolute Gasteiger partial charge is 0.334 e. The van der Waals surface area contributed by atoms with Crippen LogP contribution in [0.2, 0.25) is 0 Å². The quantitative estimate of drug-likeness (QED) is 0.0385. The van der Waals surface area contributed by atoms with Crippen LogP contribution in [0.4, 0.5) is 10.3 Å². The summed E-state index contributed by atoms with van der Waals surface area (Å²) in [5, 5.41) is -0.367. The first-order chi connectivity index (χ1) is 35.9. The van der Waals surface area contributed by atoms with Crippen LogP contribution in [0.3, 0.4) is 0 Å². The molecule has 0 spiro atoms. The molecule has 2 aromatic heterocycles. The molecule has 6 aromatic rings. The Hall–Kier alpha value is -7.08.